The molecule has 7 nitrogen and oxygen atoms in total. The topological polar surface area (TPSA) is 97.4 Å². The Morgan fingerprint density at radius 1 is 1.03 bits per heavy atom. The highest BCUT2D eigenvalue weighted by atomic mass is 35.5. The van der Waals surface area contributed by atoms with Gasteiger partial charge in [0.15, 0.2) is 0 Å². The van der Waals surface area contributed by atoms with Gasteiger partial charge in [0.2, 0.25) is 0 Å². The number of amides is 2. The van der Waals surface area contributed by atoms with Crippen molar-refractivity contribution in [3.8, 4) is 0 Å². The van der Waals surface area contributed by atoms with Gasteiger partial charge in [-0.2, -0.15) is 0 Å². The molecule has 0 saturated heterocycles. The number of thiophene rings is 1. The quantitative estimate of drug-likeness (QED) is 0.463. The molecule has 0 atom stereocenters. The van der Waals surface area contributed by atoms with Crippen LogP contribution in [-0.2, 0) is 4.74 Å². The largest absolute Gasteiger partial charge is 0.465 e. The minimum absolute atomic E-state index is 0.0277. The first-order valence-corrected chi connectivity index (χ1v) is 9.61. The van der Waals surface area contributed by atoms with Gasteiger partial charge in [-0.3, -0.25) is 9.59 Å². The molecule has 0 bridgehead atoms. The number of carbonyl (C=O) groups excluding carboxylic acids is 3. The predicted octanol–water partition coefficient (Wildman–Crippen LogP) is 4.40. The normalized spacial score (nSPS) is 10.3. The van der Waals surface area contributed by atoms with Crippen LogP contribution in [0.15, 0.2) is 48.7 Å². The molecule has 2 N–H and O–H groups in total. The zero-order chi connectivity index (χ0) is 21.0. The summed E-state index contributed by atoms with van der Waals surface area (Å²) in [5.74, 6) is -1.61. The van der Waals surface area contributed by atoms with E-state index >= 15 is 0 Å². The number of esters is 1. The molecule has 3 aromatic rings. The number of hydrogen-bond acceptors (Lipinski definition) is 6. The van der Waals surface area contributed by atoms with Crippen LogP contribution in [0, 0.1) is 6.92 Å². The highest BCUT2D eigenvalue weighted by Gasteiger charge is 2.27. The van der Waals surface area contributed by atoms with Crippen LogP contribution in [-0.4, -0.2) is 29.9 Å². The second-order valence-corrected chi connectivity index (χ2v) is 7.25. The molecule has 9 heteroatoms. The molecule has 0 aliphatic rings. The molecule has 0 aliphatic heterocycles. The van der Waals surface area contributed by atoms with Crippen molar-refractivity contribution in [2.24, 2.45) is 0 Å². The summed E-state index contributed by atoms with van der Waals surface area (Å²) in [6.45, 7) is 1.62. The van der Waals surface area contributed by atoms with Gasteiger partial charge in [-0.15, -0.1) is 11.3 Å². The maximum absolute atomic E-state index is 12.7. The number of nitrogens with one attached hydrogen (secondary N) is 2. The molecule has 3 rings (SSSR count). The lowest BCUT2D eigenvalue weighted by Gasteiger charge is -2.06. The fourth-order valence-corrected chi connectivity index (χ4v) is 3.89. The summed E-state index contributed by atoms with van der Waals surface area (Å²) in [6, 6.07) is 12.0. The third-order valence-electron chi connectivity index (χ3n) is 4.00. The summed E-state index contributed by atoms with van der Waals surface area (Å²) in [6.07, 6.45) is 1.46. The number of pyridine rings is 1. The van der Waals surface area contributed by atoms with Crippen LogP contribution in [0.3, 0.4) is 0 Å². The number of methoxy groups -OCH3 is 1. The Labute approximate surface area is 175 Å². The molecule has 0 aliphatic carbocycles. The van der Waals surface area contributed by atoms with Gasteiger partial charge < -0.3 is 15.4 Å². The third-order valence-corrected chi connectivity index (χ3v) is 5.51. The lowest BCUT2D eigenvalue weighted by atomic mass is 10.1. The van der Waals surface area contributed by atoms with Gasteiger partial charge >= 0.3 is 5.97 Å². The van der Waals surface area contributed by atoms with E-state index in [1.165, 1.54) is 19.4 Å². The summed E-state index contributed by atoms with van der Waals surface area (Å²) in [7, 11) is 1.23. The van der Waals surface area contributed by atoms with Crippen molar-refractivity contribution in [1.29, 1.82) is 0 Å². The average Bonchev–Trinajstić information content (AvgIpc) is 3.04. The molecule has 0 spiro atoms. The Morgan fingerprint density at radius 3 is 2.41 bits per heavy atom. The molecule has 29 heavy (non-hydrogen) atoms. The van der Waals surface area contributed by atoms with Crippen LogP contribution < -0.4 is 10.6 Å². The first-order valence-electron chi connectivity index (χ1n) is 8.42. The van der Waals surface area contributed by atoms with Gasteiger partial charge in [-0.25, -0.2) is 9.78 Å². The molecular weight excluding hydrogens is 414 g/mol. The van der Waals surface area contributed by atoms with Crippen LogP contribution in [0.5, 0.6) is 0 Å². The third kappa shape index (κ3) is 4.44. The number of para-hydroxylation sites is 1. The van der Waals surface area contributed by atoms with E-state index in [-0.39, 0.29) is 26.2 Å². The molecule has 0 radical (unpaired) electrons. The van der Waals surface area contributed by atoms with Crippen molar-refractivity contribution in [1.82, 2.24) is 4.98 Å². The Morgan fingerprint density at radius 2 is 1.76 bits per heavy atom. The van der Waals surface area contributed by atoms with Crippen LogP contribution in [0.4, 0.5) is 10.7 Å². The highest BCUT2D eigenvalue weighted by molar-refractivity contribution is 7.19. The molecule has 0 fully saturated rings. The summed E-state index contributed by atoms with van der Waals surface area (Å²) < 4.78 is 4.83. The maximum Gasteiger partial charge on any atom is 0.341 e. The second-order valence-electron chi connectivity index (χ2n) is 5.87. The van der Waals surface area contributed by atoms with E-state index in [1.807, 2.05) is 6.07 Å². The number of rotatable bonds is 5. The summed E-state index contributed by atoms with van der Waals surface area (Å²) in [4.78, 5) is 41.8. The predicted molar refractivity (Wildman–Crippen MR) is 112 cm³/mol. The summed E-state index contributed by atoms with van der Waals surface area (Å²) >= 11 is 6.95. The number of halogens is 1. The highest BCUT2D eigenvalue weighted by Crippen LogP contribution is 2.34. The van der Waals surface area contributed by atoms with Gasteiger partial charge in [0.1, 0.15) is 10.2 Å². The SMILES string of the molecule is COC(=O)c1c(NC(=O)c2cccnc2Cl)sc(C(=O)Nc2ccccc2)c1C. The minimum Gasteiger partial charge on any atom is -0.465 e. The van der Waals surface area contributed by atoms with Gasteiger partial charge in [0.25, 0.3) is 11.8 Å². The average molecular weight is 430 g/mol. The van der Waals surface area contributed by atoms with Gasteiger partial charge in [-0.05, 0) is 36.8 Å². The van der Waals surface area contributed by atoms with E-state index in [2.05, 4.69) is 15.6 Å². The van der Waals surface area contributed by atoms with Crippen molar-refractivity contribution in [2.75, 3.05) is 17.7 Å². The zero-order valence-corrected chi connectivity index (χ0v) is 17.1. The molecule has 2 heterocycles. The minimum atomic E-state index is -0.662. The van der Waals surface area contributed by atoms with Gasteiger partial charge in [0.05, 0.1) is 23.1 Å². The van der Waals surface area contributed by atoms with E-state index in [0.29, 0.717) is 11.3 Å². The van der Waals surface area contributed by atoms with Gasteiger partial charge in [-0.1, -0.05) is 29.8 Å². The lowest BCUT2D eigenvalue weighted by molar-refractivity contribution is 0.0601. The monoisotopic (exact) mass is 429 g/mol. The molecule has 148 valence electrons. The fourth-order valence-electron chi connectivity index (χ4n) is 2.60. The van der Waals surface area contributed by atoms with Crippen molar-refractivity contribution >= 4 is 51.4 Å². The number of ether oxygens (including phenoxy) is 1. The fraction of sp³-hybridized carbons (Fsp3) is 0.100. The molecule has 2 amide bonds. The molecule has 0 unspecified atom stereocenters. The van der Waals surface area contributed by atoms with Crippen LogP contribution >= 0.6 is 22.9 Å². The number of anilines is 2. The van der Waals surface area contributed by atoms with Crippen molar-refractivity contribution < 1.29 is 19.1 Å². The summed E-state index contributed by atoms with van der Waals surface area (Å²) in [5, 5.41) is 5.62. The standard InChI is InChI=1S/C20H16ClN3O4S/c1-11-14(20(27)28-2)19(24-17(25)13-9-6-10-22-16(13)21)29-15(11)18(26)23-12-7-4-3-5-8-12/h3-10H,1-2H3,(H,23,26)(H,24,25). The Kier molecular flexibility index (Phi) is 6.26. The number of nitrogens with zero attached hydrogens (tertiary/aromatic N) is 1. The van der Waals surface area contributed by atoms with Gasteiger partial charge in [0, 0.05) is 11.9 Å². The first kappa shape index (κ1) is 20.5. The van der Waals surface area contributed by atoms with Crippen LogP contribution in [0.25, 0.3) is 0 Å². The second kappa shape index (κ2) is 8.85. The van der Waals surface area contributed by atoms with E-state index in [9.17, 15) is 14.4 Å². The van der Waals surface area contributed by atoms with Crippen molar-refractivity contribution in [2.45, 2.75) is 6.92 Å². The number of hydrogen-bond donors (Lipinski definition) is 2. The molecule has 2 aromatic heterocycles. The molecule has 0 saturated carbocycles. The Hall–Kier alpha value is -3.23. The van der Waals surface area contributed by atoms with Crippen LogP contribution in [0.1, 0.15) is 36.0 Å². The zero-order valence-electron chi connectivity index (χ0n) is 15.5. The Bertz CT molecular complexity index is 1080. The number of benzene rings is 1. The smallest absolute Gasteiger partial charge is 0.341 e. The lowest BCUT2D eigenvalue weighted by Crippen LogP contribution is -2.15. The van der Waals surface area contributed by atoms with E-state index in [0.717, 1.165) is 11.3 Å². The van der Waals surface area contributed by atoms with Crippen molar-refractivity contribution in [3.63, 3.8) is 0 Å². The number of aromatic nitrogens is 1. The number of carbonyl (C=O) groups is 3. The van der Waals surface area contributed by atoms with Crippen molar-refractivity contribution in [3.05, 3.63) is 75.4 Å². The molecular formula is C20H16ClN3O4S. The van der Waals surface area contributed by atoms with E-state index < -0.39 is 17.8 Å². The first-order chi connectivity index (χ1) is 13.9. The Balaban J connectivity index is 1.95. The van der Waals surface area contributed by atoms with E-state index in [1.54, 1.807) is 37.3 Å². The summed E-state index contributed by atoms with van der Waals surface area (Å²) in [5.41, 5.74) is 1.27. The molecule has 1 aromatic carbocycles. The van der Waals surface area contributed by atoms with Crippen LogP contribution in [0.2, 0.25) is 5.15 Å². The van der Waals surface area contributed by atoms with E-state index in [4.69, 9.17) is 16.3 Å². The maximum atomic E-state index is 12.7.